The molecule has 68 valence electrons. The lowest BCUT2D eigenvalue weighted by Crippen LogP contribution is -2.06. The third-order valence-electron chi connectivity index (χ3n) is 1.71. The Morgan fingerprint density at radius 3 is 3.00 bits per heavy atom. The molecule has 0 aliphatic rings. The van der Waals surface area contributed by atoms with Crippen LogP contribution in [0.1, 0.15) is 18.8 Å². The molecule has 0 aliphatic carbocycles. The second kappa shape index (κ2) is 3.02. The van der Waals surface area contributed by atoms with E-state index in [4.69, 9.17) is 10.2 Å². The molecular weight excluding hydrogens is 168 g/mol. The van der Waals surface area contributed by atoms with Crippen LogP contribution in [0.5, 0.6) is 0 Å². The van der Waals surface area contributed by atoms with Crippen molar-refractivity contribution in [3.8, 4) is 11.4 Å². The SMILES string of the molecule is CC(N)c1nc(-c2ccoc2)n[nH]1. The Morgan fingerprint density at radius 2 is 2.46 bits per heavy atom. The molecule has 0 aliphatic heterocycles. The lowest BCUT2D eigenvalue weighted by molar-refractivity contribution is 0.568. The number of hydrogen-bond donors (Lipinski definition) is 2. The van der Waals surface area contributed by atoms with Crippen molar-refractivity contribution in [1.82, 2.24) is 15.2 Å². The van der Waals surface area contributed by atoms with Crippen molar-refractivity contribution in [2.45, 2.75) is 13.0 Å². The molecule has 1 atom stereocenters. The molecular formula is C8H10N4O. The molecule has 0 bridgehead atoms. The van der Waals surface area contributed by atoms with Crippen LogP contribution in [0.25, 0.3) is 11.4 Å². The molecule has 2 aromatic heterocycles. The van der Waals surface area contributed by atoms with Gasteiger partial charge in [0, 0.05) is 0 Å². The maximum absolute atomic E-state index is 5.62. The molecule has 0 saturated carbocycles. The number of aromatic nitrogens is 3. The van der Waals surface area contributed by atoms with Gasteiger partial charge in [-0.1, -0.05) is 0 Å². The smallest absolute Gasteiger partial charge is 0.184 e. The fourth-order valence-corrected chi connectivity index (χ4v) is 0.999. The number of nitrogens with two attached hydrogens (primary N) is 1. The molecule has 2 aromatic rings. The topological polar surface area (TPSA) is 80.7 Å². The molecule has 0 saturated heterocycles. The zero-order valence-corrected chi connectivity index (χ0v) is 7.19. The van der Waals surface area contributed by atoms with E-state index in [1.807, 2.05) is 6.92 Å². The highest BCUT2D eigenvalue weighted by molar-refractivity contribution is 5.51. The van der Waals surface area contributed by atoms with Gasteiger partial charge in [-0.15, -0.1) is 0 Å². The molecule has 0 amide bonds. The number of rotatable bonds is 2. The first-order valence-corrected chi connectivity index (χ1v) is 3.98. The third-order valence-corrected chi connectivity index (χ3v) is 1.71. The summed E-state index contributed by atoms with van der Waals surface area (Å²) < 4.78 is 4.91. The fourth-order valence-electron chi connectivity index (χ4n) is 0.999. The van der Waals surface area contributed by atoms with E-state index in [0.29, 0.717) is 11.6 Å². The molecule has 5 heteroatoms. The van der Waals surface area contributed by atoms with Crippen molar-refractivity contribution in [2.75, 3.05) is 0 Å². The number of aromatic amines is 1. The number of nitrogens with zero attached hydrogens (tertiary/aromatic N) is 2. The van der Waals surface area contributed by atoms with Crippen LogP contribution in [0.4, 0.5) is 0 Å². The van der Waals surface area contributed by atoms with Gasteiger partial charge in [-0.05, 0) is 13.0 Å². The third kappa shape index (κ3) is 1.46. The van der Waals surface area contributed by atoms with Gasteiger partial charge in [-0.3, -0.25) is 5.10 Å². The quantitative estimate of drug-likeness (QED) is 0.721. The van der Waals surface area contributed by atoms with Crippen LogP contribution in [0, 0.1) is 0 Å². The van der Waals surface area contributed by atoms with Crippen LogP contribution in [0.2, 0.25) is 0 Å². The van der Waals surface area contributed by atoms with Gasteiger partial charge >= 0.3 is 0 Å². The zero-order chi connectivity index (χ0) is 9.26. The Balaban J connectivity index is 2.33. The molecule has 0 spiro atoms. The minimum Gasteiger partial charge on any atom is -0.472 e. The van der Waals surface area contributed by atoms with E-state index < -0.39 is 0 Å². The molecule has 1 unspecified atom stereocenters. The minimum atomic E-state index is -0.131. The number of nitrogens with one attached hydrogen (secondary N) is 1. The normalized spacial score (nSPS) is 13.1. The summed E-state index contributed by atoms with van der Waals surface area (Å²) in [6.45, 7) is 1.85. The first-order valence-electron chi connectivity index (χ1n) is 3.98. The van der Waals surface area contributed by atoms with Gasteiger partial charge in [-0.25, -0.2) is 4.98 Å². The van der Waals surface area contributed by atoms with Crippen molar-refractivity contribution in [1.29, 1.82) is 0 Å². The van der Waals surface area contributed by atoms with Gasteiger partial charge in [0.25, 0.3) is 0 Å². The van der Waals surface area contributed by atoms with E-state index in [2.05, 4.69) is 15.2 Å². The van der Waals surface area contributed by atoms with Gasteiger partial charge < -0.3 is 10.2 Å². The van der Waals surface area contributed by atoms with Crippen LogP contribution in [-0.2, 0) is 0 Å². The Labute approximate surface area is 75.0 Å². The molecule has 5 nitrogen and oxygen atoms in total. The van der Waals surface area contributed by atoms with Gasteiger partial charge in [0.1, 0.15) is 12.1 Å². The van der Waals surface area contributed by atoms with Crippen molar-refractivity contribution in [2.24, 2.45) is 5.73 Å². The zero-order valence-electron chi connectivity index (χ0n) is 7.19. The fraction of sp³-hybridized carbons (Fsp3) is 0.250. The molecule has 3 N–H and O–H groups in total. The highest BCUT2D eigenvalue weighted by Crippen LogP contribution is 2.15. The molecule has 2 rings (SSSR count). The van der Waals surface area contributed by atoms with Crippen LogP contribution in [0.3, 0.4) is 0 Å². The van der Waals surface area contributed by atoms with Crippen molar-refractivity contribution in [3.63, 3.8) is 0 Å². The minimum absolute atomic E-state index is 0.131. The predicted molar refractivity (Wildman–Crippen MR) is 46.7 cm³/mol. The van der Waals surface area contributed by atoms with Crippen LogP contribution in [-0.4, -0.2) is 15.2 Å². The van der Waals surface area contributed by atoms with Crippen LogP contribution in [0.15, 0.2) is 23.0 Å². The van der Waals surface area contributed by atoms with E-state index in [0.717, 1.165) is 5.56 Å². The largest absolute Gasteiger partial charge is 0.472 e. The Hall–Kier alpha value is -1.62. The summed E-state index contributed by atoms with van der Waals surface area (Å²) in [5.74, 6) is 1.29. The van der Waals surface area contributed by atoms with Crippen LogP contribution < -0.4 is 5.73 Å². The summed E-state index contributed by atoms with van der Waals surface area (Å²) in [6, 6.07) is 1.67. The summed E-state index contributed by atoms with van der Waals surface area (Å²) in [5.41, 5.74) is 6.47. The number of furan rings is 1. The van der Waals surface area contributed by atoms with Crippen molar-refractivity contribution >= 4 is 0 Å². The molecule has 0 fully saturated rings. The van der Waals surface area contributed by atoms with Crippen molar-refractivity contribution in [3.05, 3.63) is 24.4 Å². The first kappa shape index (κ1) is 8.00. The maximum Gasteiger partial charge on any atom is 0.184 e. The monoisotopic (exact) mass is 178 g/mol. The Bertz CT molecular complexity index is 377. The standard InChI is InChI=1S/C8H10N4O/c1-5(9)7-10-8(12-11-7)6-2-3-13-4-6/h2-5H,9H2,1H3,(H,10,11,12). The lowest BCUT2D eigenvalue weighted by Gasteiger charge is -1.95. The second-order valence-electron chi connectivity index (χ2n) is 2.84. The first-order chi connectivity index (χ1) is 6.27. The van der Waals surface area contributed by atoms with Crippen molar-refractivity contribution < 1.29 is 4.42 Å². The average Bonchev–Trinajstić information content (AvgIpc) is 2.75. The molecule has 2 heterocycles. The molecule has 0 aromatic carbocycles. The van der Waals surface area contributed by atoms with Gasteiger partial charge in [0.2, 0.25) is 0 Å². The highest BCUT2D eigenvalue weighted by Gasteiger charge is 2.08. The Kier molecular flexibility index (Phi) is 1.86. The Morgan fingerprint density at radius 1 is 1.62 bits per heavy atom. The van der Waals surface area contributed by atoms with E-state index >= 15 is 0 Å². The van der Waals surface area contributed by atoms with E-state index in [1.165, 1.54) is 0 Å². The molecule has 13 heavy (non-hydrogen) atoms. The van der Waals surface area contributed by atoms with Gasteiger partial charge in [0.05, 0.1) is 17.9 Å². The lowest BCUT2D eigenvalue weighted by atomic mass is 10.3. The predicted octanol–water partition coefficient (Wildman–Crippen LogP) is 1.08. The van der Waals surface area contributed by atoms with E-state index in [-0.39, 0.29) is 6.04 Å². The average molecular weight is 178 g/mol. The summed E-state index contributed by atoms with van der Waals surface area (Å²) in [7, 11) is 0. The maximum atomic E-state index is 5.62. The summed E-state index contributed by atoms with van der Waals surface area (Å²) in [4.78, 5) is 4.20. The second-order valence-corrected chi connectivity index (χ2v) is 2.84. The highest BCUT2D eigenvalue weighted by atomic mass is 16.3. The summed E-state index contributed by atoms with van der Waals surface area (Å²) >= 11 is 0. The van der Waals surface area contributed by atoms with Crippen LogP contribution >= 0.6 is 0 Å². The number of hydrogen-bond acceptors (Lipinski definition) is 4. The summed E-state index contributed by atoms with van der Waals surface area (Å²) in [5, 5.41) is 6.77. The van der Waals surface area contributed by atoms with E-state index in [1.54, 1.807) is 18.6 Å². The number of H-pyrrole nitrogens is 1. The van der Waals surface area contributed by atoms with Gasteiger partial charge in [-0.2, -0.15) is 5.10 Å². The van der Waals surface area contributed by atoms with E-state index in [9.17, 15) is 0 Å². The summed E-state index contributed by atoms with van der Waals surface area (Å²) in [6.07, 6.45) is 3.17. The van der Waals surface area contributed by atoms with Gasteiger partial charge in [0.15, 0.2) is 5.82 Å². The molecule has 0 radical (unpaired) electrons.